The van der Waals surface area contributed by atoms with Crippen LogP contribution in [0.2, 0.25) is 0 Å². The topological polar surface area (TPSA) is 46.5 Å². The van der Waals surface area contributed by atoms with Crippen molar-refractivity contribution in [3.63, 3.8) is 0 Å². The Morgan fingerprint density at radius 2 is 2.05 bits per heavy atom. The molecule has 3 heteroatoms. The highest BCUT2D eigenvalue weighted by molar-refractivity contribution is 5.69. The van der Waals surface area contributed by atoms with Gasteiger partial charge in [-0.05, 0) is 32.3 Å². The van der Waals surface area contributed by atoms with E-state index in [9.17, 15) is 9.90 Å². The molecule has 19 heavy (non-hydrogen) atoms. The number of hydrogen-bond acceptors (Lipinski definition) is 3. The lowest BCUT2D eigenvalue weighted by atomic mass is 9.98. The maximum absolute atomic E-state index is 11.2. The van der Waals surface area contributed by atoms with Crippen LogP contribution in [0.4, 0.5) is 0 Å². The van der Waals surface area contributed by atoms with E-state index < -0.39 is 5.60 Å². The maximum atomic E-state index is 11.2. The molecule has 0 amide bonds. The first kappa shape index (κ1) is 15.4. The van der Waals surface area contributed by atoms with Crippen LogP contribution in [0.5, 0.6) is 0 Å². The summed E-state index contributed by atoms with van der Waals surface area (Å²) in [6.45, 7) is 3.86. The van der Waals surface area contributed by atoms with E-state index in [1.54, 1.807) is 19.9 Å². The molecule has 1 aromatic carbocycles. The van der Waals surface area contributed by atoms with E-state index in [1.807, 2.05) is 36.4 Å². The molecule has 1 aromatic rings. The third kappa shape index (κ3) is 6.77. The van der Waals surface area contributed by atoms with Crippen LogP contribution in [0.1, 0.15) is 32.3 Å². The lowest BCUT2D eigenvalue weighted by Crippen LogP contribution is -2.22. The number of allylic oxidation sites excluding steroid dienone is 1. The van der Waals surface area contributed by atoms with Crippen molar-refractivity contribution in [1.29, 1.82) is 0 Å². The number of rotatable bonds is 7. The first-order valence-corrected chi connectivity index (χ1v) is 6.63. The monoisotopic (exact) mass is 262 g/mol. The van der Waals surface area contributed by atoms with Crippen LogP contribution in [-0.2, 0) is 16.0 Å². The molecule has 0 spiro atoms. The van der Waals surface area contributed by atoms with E-state index in [0.29, 0.717) is 13.0 Å². The van der Waals surface area contributed by atoms with E-state index in [0.717, 1.165) is 6.42 Å². The molecule has 104 valence electrons. The molecule has 0 fully saturated rings. The van der Waals surface area contributed by atoms with E-state index in [1.165, 1.54) is 5.56 Å². The predicted octanol–water partition coefficient (Wildman–Crippen LogP) is 2.88. The number of benzene rings is 1. The van der Waals surface area contributed by atoms with Gasteiger partial charge in [-0.3, -0.25) is 4.79 Å². The molecule has 0 aliphatic heterocycles. The molecule has 1 rings (SSSR count). The fraction of sp³-hybridized carbons (Fsp3) is 0.438. The second-order valence-electron chi connectivity index (χ2n) is 4.75. The van der Waals surface area contributed by atoms with Crippen molar-refractivity contribution in [3.05, 3.63) is 48.0 Å². The number of hydrogen-bond donors (Lipinski definition) is 1. The summed E-state index contributed by atoms with van der Waals surface area (Å²) >= 11 is 0. The lowest BCUT2D eigenvalue weighted by Gasteiger charge is -2.18. The van der Waals surface area contributed by atoms with Crippen LogP contribution in [0.25, 0.3) is 0 Å². The van der Waals surface area contributed by atoms with Crippen molar-refractivity contribution < 1.29 is 14.6 Å². The molecule has 0 aliphatic rings. The molecule has 0 aliphatic carbocycles. The minimum Gasteiger partial charge on any atom is -0.466 e. The van der Waals surface area contributed by atoms with Crippen molar-refractivity contribution in [1.82, 2.24) is 0 Å². The summed E-state index contributed by atoms with van der Waals surface area (Å²) in [7, 11) is 0. The zero-order valence-electron chi connectivity index (χ0n) is 11.6. The Kier molecular flexibility index (Phi) is 6.30. The van der Waals surface area contributed by atoms with Crippen LogP contribution in [-0.4, -0.2) is 23.3 Å². The molecule has 0 heterocycles. The van der Waals surface area contributed by atoms with Gasteiger partial charge >= 0.3 is 5.97 Å². The van der Waals surface area contributed by atoms with Gasteiger partial charge < -0.3 is 9.84 Å². The summed E-state index contributed by atoms with van der Waals surface area (Å²) in [5.74, 6) is -0.265. The van der Waals surface area contributed by atoms with Gasteiger partial charge in [0.25, 0.3) is 0 Å². The third-order valence-electron chi connectivity index (χ3n) is 2.81. The molecule has 1 atom stereocenters. The Labute approximate surface area is 114 Å². The van der Waals surface area contributed by atoms with Gasteiger partial charge in [0.15, 0.2) is 0 Å². The highest BCUT2D eigenvalue weighted by atomic mass is 16.5. The lowest BCUT2D eigenvalue weighted by molar-refractivity contribution is -0.144. The van der Waals surface area contributed by atoms with E-state index in [2.05, 4.69) is 0 Å². The number of carbonyl (C=O) groups excluding carboxylic acids is 1. The Hall–Kier alpha value is -1.61. The molecule has 0 radical (unpaired) electrons. The van der Waals surface area contributed by atoms with Crippen molar-refractivity contribution in [3.8, 4) is 0 Å². The predicted molar refractivity (Wildman–Crippen MR) is 75.8 cm³/mol. The van der Waals surface area contributed by atoms with Gasteiger partial charge in [-0.15, -0.1) is 0 Å². The van der Waals surface area contributed by atoms with Crippen LogP contribution < -0.4 is 0 Å². The normalized spacial score (nSPS) is 14.3. The second kappa shape index (κ2) is 7.74. The molecule has 0 aromatic heterocycles. The molecular formula is C16H22O3. The van der Waals surface area contributed by atoms with Gasteiger partial charge in [0, 0.05) is 6.42 Å². The van der Waals surface area contributed by atoms with E-state index in [4.69, 9.17) is 4.74 Å². The summed E-state index contributed by atoms with van der Waals surface area (Å²) in [5.41, 5.74) is 0.224. The summed E-state index contributed by atoms with van der Waals surface area (Å²) in [6, 6.07) is 10.0. The van der Waals surface area contributed by atoms with Crippen molar-refractivity contribution in [2.75, 3.05) is 6.61 Å². The molecule has 3 nitrogen and oxygen atoms in total. The van der Waals surface area contributed by atoms with Crippen LogP contribution in [0.15, 0.2) is 42.5 Å². The summed E-state index contributed by atoms with van der Waals surface area (Å²) in [5, 5.41) is 10.1. The fourth-order valence-corrected chi connectivity index (χ4v) is 1.73. The zero-order valence-corrected chi connectivity index (χ0v) is 11.6. The van der Waals surface area contributed by atoms with E-state index >= 15 is 0 Å². The Balaban J connectivity index is 2.39. The number of aliphatic hydroxyl groups is 1. The maximum Gasteiger partial charge on any atom is 0.305 e. The molecule has 0 saturated carbocycles. The smallest absolute Gasteiger partial charge is 0.305 e. The molecule has 1 N–H and O–H groups in total. The SMILES string of the molecule is CCOC(=O)CCC(C)(O)/C=C\Cc1ccccc1. The molecular weight excluding hydrogens is 240 g/mol. The number of esters is 1. The third-order valence-corrected chi connectivity index (χ3v) is 2.81. The van der Waals surface area contributed by atoms with Crippen LogP contribution >= 0.6 is 0 Å². The Bertz CT molecular complexity index is 407. The minimum absolute atomic E-state index is 0.233. The van der Waals surface area contributed by atoms with Crippen molar-refractivity contribution in [2.45, 2.75) is 38.7 Å². The minimum atomic E-state index is -0.971. The quantitative estimate of drug-likeness (QED) is 0.607. The molecule has 0 saturated heterocycles. The summed E-state index contributed by atoms with van der Waals surface area (Å²) in [4.78, 5) is 11.2. The molecule has 0 bridgehead atoms. The van der Waals surface area contributed by atoms with Crippen LogP contribution in [0, 0.1) is 0 Å². The standard InChI is InChI=1S/C16H22O3/c1-3-19-15(17)11-13-16(2,18)12-7-10-14-8-5-4-6-9-14/h4-9,12,18H,3,10-11,13H2,1-2H3/b12-7-. The van der Waals surface area contributed by atoms with Gasteiger partial charge in [-0.2, -0.15) is 0 Å². The van der Waals surface area contributed by atoms with Crippen molar-refractivity contribution in [2.24, 2.45) is 0 Å². The highest BCUT2D eigenvalue weighted by Crippen LogP contribution is 2.15. The largest absolute Gasteiger partial charge is 0.466 e. The average molecular weight is 262 g/mol. The Morgan fingerprint density at radius 1 is 1.37 bits per heavy atom. The van der Waals surface area contributed by atoms with Gasteiger partial charge in [0.05, 0.1) is 12.2 Å². The number of carbonyl (C=O) groups is 1. The van der Waals surface area contributed by atoms with Gasteiger partial charge in [0.1, 0.15) is 0 Å². The summed E-state index contributed by atoms with van der Waals surface area (Å²) < 4.78 is 4.84. The average Bonchev–Trinajstić information content (AvgIpc) is 2.38. The molecule has 1 unspecified atom stereocenters. The van der Waals surface area contributed by atoms with Gasteiger partial charge in [0.2, 0.25) is 0 Å². The summed E-state index contributed by atoms with van der Waals surface area (Å²) in [6.07, 6.45) is 5.06. The highest BCUT2D eigenvalue weighted by Gasteiger charge is 2.18. The Morgan fingerprint density at radius 3 is 2.68 bits per heavy atom. The first-order chi connectivity index (χ1) is 9.03. The van der Waals surface area contributed by atoms with Gasteiger partial charge in [-0.25, -0.2) is 0 Å². The van der Waals surface area contributed by atoms with Crippen molar-refractivity contribution >= 4 is 5.97 Å². The first-order valence-electron chi connectivity index (χ1n) is 6.63. The fourth-order valence-electron chi connectivity index (χ4n) is 1.73. The zero-order chi connectivity index (χ0) is 14.1. The number of ether oxygens (including phenoxy) is 1. The van der Waals surface area contributed by atoms with Crippen LogP contribution in [0.3, 0.4) is 0 Å². The second-order valence-corrected chi connectivity index (χ2v) is 4.75. The van der Waals surface area contributed by atoms with Gasteiger partial charge in [-0.1, -0.05) is 42.5 Å². The van der Waals surface area contributed by atoms with E-state index in [-0.39, 0.29) is 12.4 Å².